The van der Waals surface area contributed by atoms with Crippen LogP contribution >= 0.6 is 85.3 Å². The molecule has 0 radical (unpaired) electrons. The zero-order chi connectivity index (χ0) is 66.7. The highest BCUT2D eigenvalue weighted by Crippen LogP contribution is 2.54. The Balaban J connectivity index is 0.00000174. The van der Waals surface area contributed by atoms with Gasteiger partial charge in [-0.05, 0) is 32.6 Å². The third-order valence-electron chi connectivity index (χ3n) is 13.0. The van der Waals surface area contributed by atoms with Gasteiger partial charge in [-0.25, -0.2) is 18.7 Å². The van der Waals surface area contributed by atoms with Crippen molar-refractivity contribution in [1.82, 2.24) is 10.6 Å². The van der Waals surface area contributed by atoms with Crippen molar-refractivity contribution in [2.24, 2.45) is 0 Å². The normalized spacial score (nSPS) is 22.9. The van der Waals surface area contributed by atoms with Gasteiger partial charge in [-0.1, -0.05) is 178 Å². The molecule has 0 aromatic rings. The van der Waals surface area contributed by atoms with Crippen LogP contribution in [0, 0.1) is 0 Å². The zero-order valence-corrected chi connectivity index (χ0v) is 59.1. The molecule has 0 saturated carbocycles. The quantitative estimate of drug-likeness (QED) is 0.0168. The third kappa shape index (κ3) is 38.3. The summed E-state index contributed by atoms with van der Waals surface area (Å²) in [6, 6.07) is -2.39. The first-order valence-electron chi connectivity index (χ1n) is 29.5. The second-order valence-electron chi connectivity index (χ2n) is 20.1. The second kappa shape index (κ2) is 50.9. The summed E-state index contributed by atoms with van der Waals surface area (Å²) >= 11 is 34.4. The first kappa shape index (κ1) is 88.6. The molecule has 33 heteroatoms. The molecule has 1 unspecified atom stereocenters. The van der Waals surface area contributed by atoms with E-state index in [4.69, 9.17) is 149 Å². The van der Waals surface area contributed by atoms with E-state index in [2.05, 4.69) is 50.8 Å². The molecule has 0 aromatic carbocycles. The topological polar surface area (TPSA) is 269 Å². The maximum Gasteiger partial charge on any atom is 0.475 e. The lowest BCUT2D eigenvalue weighted by Crippen LogP contribution is -2.66. The number of phosphoric ester groups is 2. The fraction of sp³-hybridized carbons (Fsp3) is 0.789. The number of ether oxygens (including phenoxy) is 11. The Bertz CT molecular complexity index is 2050. The van der Waals surface area contributed by atoms with Crippen molar-refractivity contribution in [3.63, 3.8) is 0 Å². The highest BCUT2D eigenvalue weighted by Gasteiger charge is 2.54. The number of halogens is 7. The van der Waals surface area contributed by atoms with Gasteiger partial charge in [0.05, 0.1) is 58.1 Å². The van der Waals surface area contributed by atoms with E-state index < -0.39 is 110 Å². The van der Waals surface area contributed by atoms with Gasteiger partial charge >= 0.3 is 27.8 Å². The van der Waals surface area contributed by atoms with Crippen LogP contribution in [0.4, 0.5) is 14.3 Å². The third-order valence-corrected chi connectivity index (χ3v) is 16.5. The predicted octanol–water partition coefficient (Wildman–Crippen LogP) is 13.4. The van der Waals surface area contributed by atoms with Crippen LogP contribution in [0.1, 0.15) is 111 Å². The van der Waals surface area contributed by atoms with Crippen molar-refractivity contribution >= 4 is 97.4 Å². The number of allylic oxidation sites excluding steroid dienone is 1. The van der Waals surface area contributed by atoms with Crippen LogP contribution in [-0.4, -0.2) is 193 Å². The summed E-state index contributed by atoms with van der Waals surface area (Å²) in [6.07, 6.45) is 11.0. The Labute approximate surface area is 562 Å². The van der Waals surface area contributed by atoms with Crippen molar-refractivity contribution in [2.45, 2.75) is 192 Å². The van der Waals surface area contributed by atoms with Crippen LogP contribution in [0.3, 0.4) is 0 Å². The number of methoxy groups -OCH3 is 4. The number of aliphatic hydroxyl groups excluding tert-OH is 1. The Morgan fingerprint density at radius 3 is 1.31 bits per heavy atom. The van der Waals surface area contributed by atoms with Gasteiger partial charge in [0.1, 0.15) is 61.9 Å². The number of rotatable bonds is 48. The highest BCUT2D eigenvalue weighted by atomic mass is 35.6. The first-order valence-corrected chi connectivity index (χ1v) is 34.7. The summed E-state index contributed by atoms with van der Waals surface area (Å²) < 4.78 is 120. The fourth-order valence-corrected chi connectivity index (χ4v) is 11.7. The van der Waals surface area contributed by atoms with Crippen molar-refractivity contribution in [1.29, 1.82) is 0 Å². The van der Waals surface area contributed by atoms with E-state index in [1.54, 1.807) is 27.2 Å². The van der Waals surface area contributed by atoms with Crippen LogP contribution in [0.2, 0.25) is 0 Å². The lowest BCUT2D eigenvalue weighted by Gasteiger charge is -2.45. The summed E-state index contributed by atoms with van der Waals surface area (Å²) in [5, 5.41) is 16.0. The molecule has 2 saturated heterocycles. The van der Waals surface area contributed by atoms with E-state index in [1.807, 2.05) is 0 Å². The minimum absolute atomic E-state index is 0. The molecule has 2 heterocycles. The molecule has 0 aliphatic carbocycles. The SMILES string of the molecule is C=CCOP(=O)(OCC=C)O[C@H]1[C@H](OCC[C@@H](CCCCCCC)OC)[C@@H](NC(=O)OCC(Cl)(Cl)Cl)C(O)O[C@@H]1COC.C=CCOP(=O)(OCC=C)O[C@H]1[C@H](OCC[C@@H](CCCCCCC)OC)[C@@H](NC(=O)OCC(Cl)(Cl)Cl)[C@@H](O/C=C\C)O[C@@H]1COC.F. The molecule has 2 rings (SSSR count). The molecule has 2 aliphatic rings. The molecule has 2 fully saturated rings. The summed E-state index contributed by atoms with van der Waals surface area (Å²) in [4.78, 5) is 25.5. The monoisotopic (exact) mass is 1450 g/mol. The average Bonchev–Trinajstić information content (AvgIpc) is 0.824. The van der Waals surface area contributed by atoms with Crippen molar-refractivity contribution in [3.8, 4) is 0 Å². The van der Waals surface area contributed by atoms with E-state index in [9.17, 15) is 23.8 Å². The van der Waals surface area contributed by atoms with E-state index in [1.165, 1.54) is 64.0 Å². The number of hydrogen-bond donors (Lipinski definition) is 3. The summed E-state index contributed by atoms with van der Waals surface area (Å²) in [6.45, 7) is 18.8. The molecule has 0 aromatic heterocycles. The molecule has 2 aliphatic heterocycles. The van der Waals surface area contributed by atoms with Crippen LogP contribution in [0.15, 0.2) is 63.0 Å². The van der Waals surface area contributed by atoms with Gasteiger partial charge in [0.15, 0.2) is 6.29 Å². The summed E-state index contributed by atoms with van der Waals surface area (Å²) in [5.41, 5.74) is 0. The van der Waals surface area contributed by atoms with E-state index >= 15 is 0 Å². The minimum Gasteiger partial charge on any atom is -0.471 e. The Morgan fingerprint density at radius 1 is 0.578 bits per heavy atom. The molecule has 2 amide bonds. The minimum atomic E-state index is -4.28. The highest BCUT2D eigenvalue weighted by molar-refractivity contribution is 7.48. The van der Waals surface area contributed by atoms with E-state index in [-0.39, 0.29) is 69.8 Å². The number of unbranched alkanes of at least 4 members (excludes halogenated alkanes) is 8. The Hall–Kier alpha value is -1.43. The molecular weight excluding hydrogens is 1360 g/mol. The van der Waals surface area contributed by atoms with Crippen LogP contribution in [0.25, 0.3) is 0 Å². The largest absolute Gasteiger partial charge is 0.475 e. The molecular formula is C57H99Cl6FN2O22P2. The standard InChI is InChI=1S/C30H51Cl3NO11P.C27H47Cl3NO11P.FH/c1-7-11-12-13-14-15-23(38-6)16-20-39-27-25(34-29(35)41-22-30(31,32)33)28(40-17-8-2)44-24(21-37-5)26(27)45-46(36,42-18-9-3)43-19-10-4;1-6-9-10-11-12-13-20(36-5)14-17-37-24-22(31-26(33)38-19-27(28,29)30)25(32)41-21(18-35-4)23(24)42-43(34,39-15-7-2)40-16-8-3;/h8-10,17,23-28H,3-4,7,11-16,18-22H2,1-2,5-6H3,(H,34,35);7-8,20-25,32H,2-3,6,9-19H2,1,4-5H3,(H,31,33);1H/b17-8-;;/t23-,24-,25-,26-,27-,28+;20-,21-,22-,23-,24-,25?;/m11./s1. The Kier molecular flexibility index (Phi) is 50.1. The summed E-state index contributed by atoms with van der Waals surface area (Å²) in [7, 11) is -2.39. The van der Waals surface area contributed by atoms with Crippen molar-refractivity contribution < 1.29 is 108 Å². The molecule has 528 valence electrons. The van der Waals surface area contributed by atoms with Gasteiger partial charge in [0, 0.05) is 41.7 Å². The van der Waals surface area contributed by atoms with Gasteiger partial charge in [0.25, 0.3) is 0 Å². The number of hydrogen-bond acceptors (Lipinski definition) is 22. The number of nitrogens with one attached hydrogen (secondary N) is 2. The van der Waals surface area contributed by atoms with Crippen LogP contribution in [0.5, 0.6) is 0 Å². The summed E-state index contributed by atoms with van der Waals surface area (Å²) in [5.74, 6) is 0. The lowest BCUT2D eigenvalue weighted by atomic mass is 9.96. The fourth-order valence-electron chi connectivity index (χ4n) is 8.75. The zero-order valence-electron chi connectivity index (χ0n) is 52.8. The average molecular weight is 1460 g/mol. The van der Waals surface area contributed by atoms with Gasteiger partial charge in [0.2, 0.25) is 13.9 Å². The second-order valence-corrected chi connectivity index (χ2v) is 28.4. The number of aliphatic hydroxyl groups is 1. The van der Waals surface area contributed by atoms with Crippen molar-refractivity contribution in [3.05, 3.63) is 63.0 Å². The smallest absolute Gasteiger partial charge is 0.471 e. The number of amides is 2. The molecule has 0 spiro atoms. The predicted molar refractivity (Wildman–Crippen MR) is 345 cm³/mol. The number of phosphoric acid groups is 2. The molecule has 24 nitrogen and oxygen atoms in total. The number of alkyl halides is 6. The lowest BCUT2D eigenvalue weighted by molar-refractivity contribution is -0.262. The maximum atomic E-state index is 13.8. The van der Waals surface area contributed by atoms with Gasteiger partial charge in [-0.3, -0.25) is 31.8 Å². The Morgan fingerprint density at radius 2 is 0.956 bits per heavy atom. The van der Waals surface area contributed by atoms with Crippen LogP contribution < -0.4 is 10.6 Å². The number of alkyl carbamates (subject to hydrolysis) is 2. The molecule has 3 N–H and O–H groups in total. The van der Waals surface area contributed by atoms with Crippen LogP contribution in [-0.2, 0) is 88.4 Å². The van der Waals surface area contributed by atoms with E-state index in [0.29, 0.717) is 12.8 Å². The number of carbonyl (C=O) groups is 2. The van der Waals surface area contributed by atoms with Gasteiger partial charge < -0.3 is 67.8 Å². The molecule has 90 heavy (non-hydrogen) atoms. The molecule has 12 atom stereocenters. The first-order chi connectivity index (χ1) is 42.4. The number of carbonyl (C=O) groups excluding carboxylic acids is 2. The van der Waals surface area contributed by atoms with Gasteiger partial charge in [-0.2, -0.15) is 0 Å². The molecule has 0 bridgehead atoms. The van der Waals surface area contributed by atoms with Gasteiger partial charge in [-0.15, -0.1) is 26.3 Å². The van der Waals surface area contributed by atoms with Crippen molar-refractivity contribution in [2.75, 3.05) is 94.5 Å². The van der Waals surface area contributed by atoms with E-state index in [0.717, 1.165) is 57.8 Å². The maximum absolute atomic E-state index is 13.8.